The molecule has 0 saturated heterocycles. The number of rotatable bonds is 2. The van der Waals surface area contributed by atoms with Crippen molar-refractivity contribution in [2.45, 2.75) is 13.8 Å². The monoisotopic (exact) mass is 86.1 g/mol. The lowest BCUT2D eigenvalue weighted by molar-refractivity contribution is 0.269. The first-order valence-corrected chi connectivity index (χ1v) is 2.14. The summed E-state index contributed by atoms with van der Waals surface area (Å²) in [6.45, 7) is 4.65. The van der Waals surface area contributed by atoms with Gasteiger partial charge in [-0.3, -0.25) is 0 Å². The third kappa shape index (κ3) is 3.54. The molecule has 0 fully saturated rings. The van der Waals surface area contributed by atoms with Gasteiger partial charge in [0.15, 0.2) is 0 Å². The average molecular weight is 86.1 g/mol. The van der Waals surface area contributed by atoms with Crippen LogP contribution in [0.5, 0.6) is 0 Å². The SMILES string of the molecule is C/C=C\OCC. The Morgan fingerprint density at radius 3 is 2.50 bits per heavy atom. The van der Waals surface area contributed by atoms with Crippen LogP contribution in [-0.2, 0) is 4.74 Å². The molecule has 0 aromatic rings. The molecule has 1 heteroatoms. The van der Waals surface area contributed by atoms with E-state index >= 15 is 0 Å². The lowest BCUT2D eigenvalue weighted by atomic mass is 10.7. The predicted octanol–water partition coefficient (Wildman–Crippen LogP) is 1.56. The van der Waals surface area contributed by atoms with E-state index in [1.54, 1.807) is 6.26 Å². The maximum absolute atomic E-state index is 4.80. The van der Waals surface area contributed by atoms with E-state index in [0.29, 0.717) is 0 Å². The first-order valence-electron chi connectivity index (χ1n) is 2.14. The molecular formula is C5H10O. The molecule has 0 amide bonds. The van der Waals surface area contributed by atoms with E-state index in [2.05, 4.69) is 0 Å². The fraction of sp³-hybridized carbons (Fsp3) is 0.600. The Balaban J connectivity index is 2.66. The topological polar surface area (TPSA) is 9.23 Å². The van der Waals surface area contributed by atoms with Gasteiger partial charge in [-0.1, -0.05) is 6.08 Å². The van der Waals surface area contributed by atoms with E-state index in [1.807, 2.05) is 19.9 Å². The zero-order valence-electron chi connectivity index (χ0n) is 4.27. The van der Waals surface area contributed by atoms with Crippen molar-refractivity contribution in [3.63, 3.8) is 0 Å². The molecule has 0 aliphatic rings. The van der Waals surface area contributed by atoms with Gasteiger partial charge in [0.2, 0.25) is 0 Å². The molecule has 0 saturated carbocycles. The minimum Gasteiger partial charge on any atom is -0.502 e. The molecule has 0 aromatic carbocycles. The highest BCUT2D eigenvalue weighted by Gasteiger charge is 1.59. The van der Waals surface area contributed by atoms with Crippen LogP contribution in [0.25, 0.3) is 0 Å². The van der Waals surface area contributed by atoms with Crippen LogP contribution in [0.4, 0.5) is 0 Å². The Morgan fingerprint density at radius 1 is 1.67 bits per heavy atom. The molecule has 0 atom stereocenters. The molecule has 36 valence electrons. The first-order chi connectivity index (χ1) is 2.91. The number of hydrogen-bond donors (Lipinski definition) is 0. The van der Waals surface area contributed by atoms with Gasteiger partial charge in [-0.15, -0.1) is 0 Å². The summed E-state index contributed by atoms with van der Waals surface area (Å²) in [5, 5.41) is 0. The maximum Gasteiger partial charge on any atom is 0.0845 e. The molecule has 0 unspecified atom stereocenters. The fourth-order valence-corrected chi connectivity index (χ4v) is 0.192. The van der Waals surface area contributed by atoms with E-state index < -0.39 is 0 Å². The molecule has 0 aliphatic heterocycles. The summed E-state index contributed by atoms with van der Waals surface area (Å²) in [4.78, 5) is 0. The van der Waals surface area contributed by atoms with Gasteiger partial charge in [0, 0.05) is 0 Å². The minimum atomic E-state index is 0.768. The number of allylic oxidation sites excluding steroid dienone is 1. The molecule has 0 aliphatic carbocycles. The third-order valence-corrected chi connectivity index (χ3v) is 0.399. The van der Waals surface area contributed by atoms with E-state index in [4.69, 9.17) is 4.74 Å². The van der Waals surface area contributed by atoms with E-state index in [0.717, 1.165) is 6.61 Å². The van der Waals surface area contributed by atoms with Crippen molar-refractivity contribution in [1.82, 2.24) is 0 Å². The minimum absolute atomic E-state index is 0.768. The second kappa shape index (κ2) is 4.54. The number of hydrogen-bond acceptors (Lipinski definition) is 1. The van der Waals surface area contributed by atoms with E-state index in [-0.39, 0.29) is 0 Å². The lowest BCUT2D eigenvalue weighted by Gasteiger charge is -1.86. The van der Waals surface area contributed by atoms with Gasteiger partial charge in [-0.2, -0.15) is 0 Å². The standard InChI is InChI=1S/C5H10O/c1-3-5-6-4-2/h3,5H,4H2,1-2H3/b5-3-. The van der Waals surface area contributed by atoms with Gasteiger partial charge in [-0.25, -0.2) is 0 Å². The summed E-state index contributed by atoms with van der Waals surface area (Å²) >= 11 is 0. The summed E-state index contributed by atoms with van der Waals surface area (Å²) in [5.74, 6) is 0. The second-order valence-corrected chi connectivity index (χ2v) is 0.925. The van der Waals surface area contributed by atoms with Crippen LogP contribution in [0.1, 0.15) is 13.8 Å². The fourth-order valence-electron chi connectivity index (χ4n) is 0.192. The smallest absolute Gasteiger partial charge is 0.0845 e. The molecule has 0 spiro atoms. The van der Waals surface area contributed by atoms with Crippen LogP contribution in [0.2, 0.25) is 0 Å². The number of ether oxygens (including phenoxy) is 1. The molecular weight excluding hydrogens is 76.1 g/mol. The largest absolute Gasteiger partial charge is 0.502 e. The van der Waals surface area contributed by atoms with Crippen molar-refractivity contribution in [3.05, 3.63) is 12.3 Å². The van der Waals surface area contributed by atoms with Gasteiger partial charge in [0.1, 0.15) is 0 Å². The molecule has 6 heavy (non-hydrogen) atoms. The van der Waals surface area contributed by atoms with Crippen LogP contribution in [0.3, 0.4) is 0 Å². The molecule has 0 rings (SSSR count). The van der Waals surface area contributed by atoms with Crippen molar-refractivity contribution in [2.24, 2.45) is 0 Å². The van der Waals surface area contributed by atoms with E-state index in [1.165, 1.54) is 0 Å². The second-order valence-electron chi connectivity index (χ2n) is 0.925. The zero-order valence-corrected chi connectivity index (χ0v) is 4.27. The van der Waals surface area contributed by atoms with Crippen molar-refractivity contribution in [1.29, 1.82) is 0 Å². The van der Waals surface area contributed by atoms with Crippen molar-refractivity contribution in [2.75, 3.05) is 6.61 Å². The average Bonchev–Trinajstić information content (AvgIpc) is 1.61. The zero-order chi connectivity index (χ0) is 4.83. The highest BCUT2D eigenvalue weighted by atomic mass is 16.5. The summed E-state index contributed by atoms with van der Waals surface area (Å²) in [6.07, 6.45) is 3.55. The summed E-state index contributed by atoms with van der Waals surface area (Å²) in [6, 6.07) is 0. The molecule has 0 radical (unpaired) electrons. The third-order valence-electron chi connectivity index (χ3n) is 0.399. The van der Waals surface area contributed by atoms with Gasteiger partial charge in [0.25, 0.3) is 0 Å². The highest BCUT2D eigenvalue weighted by molar-refractivity contribution is 4.63. The van der Waals surface area contributed by atoms with Crippen molar-refractivity contribution >= 4 is 0 Å². The molecule has 0 bridgehead atoms. The van der Waals surface area contributed by atoms with Gasteiger partial charge < -0.3 is 4.74 Å². The molecule has 1 nitrogen and oxygen atoms in total. The molecule has 0 N–H and O–H groups in total. The Kier molecular flexibility index (Phi) is 4.19. The Labute approximate surface area is 38.6 Å². The Hall–Kier alpha value is -0.460. The Morgan fingerprint density at radius 2 is 2.33 bits per heavy atom. The molecule has 0 aromatic heterocycles. The van der Waals surface area contributed by atoms with Gasteiger partial charge in [-0.05, 0) is 13.8 Å². The van der Waals surface area contributed by atoms with Gasteiger partial charge in [0.05, 0.1) is 12.9 Å². The lowest BCUT2D eigenvalue weighted by Crippen LogP contribution is -1.73. The van der Waals surface area contributed by atoms with Crippen LogP contribution in [0.15, 0.2) is 12.3 Å². The normalized spacial score (nSPS) is 9.67. The first kappa shape index (κ1) is 5.54. The van der Waals surface area contributed by atoms with Crippen molar-refractivity contribution in [3.8, 4) is 0 Å². The van der Waals surface area contributed by atoms with E-state index in [9.17, 15) is 0 Å². The maximum atomic E-state index is 4.80. The van der Waals surface area contributed by atoms with Crippen LogP contribution in [0, 0.1) is 0 Å². The van der Waals surface area contributed by atoms with Crippen LogP contribution in [-0.4, -0.2) is 6.61 Å². The summed E-state index contributed by atoms with van der Waals surface area (Å²) < 4.78 is 4.80. The van der Waals surface area contributed by atoms with Crippen LogP contribution < -0.4 is 0 Å². The highest BCUT2D eigenvalue weighted by Crippen LogP contribution is 1.71. The molecule has 0 heterocycles. The van der Waals surface area contributed by atoms with Crippen LogP contribution >= 0.6 is 0 Å². The van der Waals surface area contributed by atoms with Gasteiger partial charge >= 0.3 is 0 Å². The van der Waals surface area contributed by atoms with Crippen molar-refractivity contribution < 1.29 is 4.74 Å². The quantitative estimate of drug-likeness (QED) is 0.463. The summed E-state index contributed by atoms with van der Waals surface area (Å²) in [5.41, 5.74) is 0. The Bertz CT molecular complexity index is 39.2. The summed E-state index contributed by atoms with van der Waals surface area (Å²) in [7, 11) is 0. The predicted molar refractivity (Wildman–Crippen MR) is 26.4 cm³/mol.